The first kappa shape index (κ1) is 14.2. The molecule has 0 radical (unpaired) electrons. The molecule has 0 saturated carbocycles. The number of halogens is 2. The molecule has 1 unspecified atom stereocenters. The highest BCUT2D eigenvalue weighted by atomic mass is 35.5. The van der Waals surface area contributed by atoms with Gasteiger partial charge in [0.1, 0.15) is 5.82 Å². The molecule has 19 heavy (non-hydrogen) atoms. The molecule has 1 aromatic rings. The molecule has 0 bridgehead atoms. The smallest absolute Gasteiger partial charge is 0.238 e. The molecule has 1 heterocycles. The number of rotatable bonds is 3. The molecule has 6 heteroatoms. The summed E-state index contributed by atoms with van der Waals surface area (Å²) in [5.41, 5.74) is 0.110. The quantitative estimate of drug-likeness (QED) is 0.926. The monoisotopic (exact) mass is 286 g/mol. The third-order valence-electron chi connectivity index (χ3n) is 2.89. The number of anilines is 1. The van der Waals surface area contributed by atoms with Gasteiger partial charge < -0.3 is 10.1 Å². The molecule has 1 aliphatic heterocycles. The van der Waals surface area contributed by atoms with Crippen molar-refractivity contribution in [3.8, 4) is 0 Å². The number of hydrogen-bond acceptors (Lipinski definition) is 3. The Hall–Kier alpha value is -1.17. The van der Waals surface area contributed by atoms with Crippen LogP contribution in [-0.4, -0.2) is 43.2 Å². The summed E-state index contributed by atoms with van der Waals surface area (Å²) in [6, 6.07) is 4.07. The van der Waals surface area contributed by atoms with Gasteiger partial charge >= 0.3 is 0 Å². The number of benzene rings is 1. The minimum atomic E-state index is -0.493. The third-order valence-corrected chi connectivity index (χ3v) is 3.13. The highest BCUT2D eigenvalue weighted by Crippen LogP contribution is 2.19. The first-order valence-corrected chi connectivity index (χ1v) is 6.51. The number of ether oxygens (including phenoxy) is 1. The second-order valence-corrected chi connectivity index (χ2v) is 5.03. The van der Waals surface area contributed by atoms with Crippen molar-refractivity contribution in [2.45, 2.75) is 13.0 Å². The lowest BCUT2D eigenvalue weighted by molar-refractivity contribution is -0.119. The summed E-state index contributed by atoms with van der Waals surface area (Å²) in [4.78, 5) is 13.8. The number of nitrogens with zero attached hydrogens (tertiary/aromatic N) is 1. The summed E-state index contributed by atoms with van der Waals surface area (Å²) in [5.74, 6) is -0.747. The van der Waals surface area contributed by atoms with E-state index in [1.807, 2.05) is 11.8 Å². The van der Waals surface area contributed by atoms with Crippen LogP contribution in [-0.2, 0) is 9.53 Å². The van der Waals surface area contributed by atoms with E-state index in [2.05, 4.69) is 5.32 Å². The average Bonchev–Trinajstić information content (AvgIpc) is 2.34. The number of nitrogens with one attached hydrogen (secondary N) is 1. The Bertz CT molecular complexity index is 470. The van der Waals surface area contributed by atoms with Gasteiger partial charge in [-0.1, -0.05) is 11.6 Å². The second kappa shape index (κ2) is 6.32. The number of amides is 1. The number of hydrogen-bond donors (Lipinski definition) is 1. The highest BCUT2D eigenvalue weighted by Gasteiger charge is 2.19. The summed E-state index contributed by atoms with van der Waals surface area (Å²) in [5, 5.41) is 2.92. The molecule has 1 aromatic carbocycles. The maximum absolute atomic E-state index is 13.5. The largest absolute Gasteiger partial charge is 0.376 e. The van der Waals surface area contributed by atoms with Crippen LogP contribution in [0.2, 0.25) is 5.02 Å². The number of morpholine rings is 1. The van der Waals surface area contributed by atoms with Crippen molar-refractivity contribution in [1.82, 2.24) is 4.90 Å². The SMILES string of the molecule is CC1CN(CC(=O)Nc2cc(Cl)ccc2F)CCO1. The van der Waals surface area contributed by atoms with Gasteiger partial charge in [0.05, 0.1) is 24.9 Å². The van der Waals surface area contributed by atoms with E-state index in [4.69, 9.17) is 16.3 Å². The van der Waals surface area contributed by atoms with E-state index < -0.39 is 5.82 Å². The zero-order chi connectivity index (χ0) is 13.8. The van der Waals surface area contributed by atoms with Gasteiger partial charge in [-0.05, 0) is 25.1 Å². The minimum absolute atomic E-state index is 0.110. The van der Waals surface area contributed by atoms with Gasteiger partial charge in [-0.2, -0.15) is 0 Å². The van der Waals surface area contributed by atoms with E-state index >= 15 is 0 Å². The molecule has 1 fully saturated rings. The van der Waals surface area contributed by atoms with Crippen molar-refractivity contribution in [3.05, 3.63) is 29.0 Å². The standard InChI is InChI=1S/C13H16ClFN2O2/c1-9-7-17(4-5-19-9)8-13(18)16-12-6-10(14)2-3-11(12)15/h2-3,6,9H,4-5,7-8H2,1H3,(H,16,18). The molecule has 1 atom stereocenters. The fourth-order valence-corrected chi connectivity index (χ4v) is 2.19. The van der Waals surface area contributed by atoms with Crippen LogP contribution in [0.25, 0.3) is 0 Å². The van der Waals surface area contributed by atoms with E-state index in [9.17, 15) is 9.18 Å². The molecular weight excluding hydrogens is 271 g/mol. The van der Waals surface area contributed by atoms with Crippen molar-refractivity contribution in [3.63, 3.8) is 0 Å². The zero-order valence-electron chi connectivity index (χ0n) is 10.7. The van der Waals surface area contributed by atoms with Crippen LogP contribution in [0.5, 0.6) is 0 Å². The molecule has 0 aliphatic carbocycles. The second-order valence-electron chi connectivity index (χ2n) is 4.59. The van der Waals surface area contributed by atoms with Crippen molar-refractivity contribution in [1.29, 1.82) is 0 Å². The van der Waals surface area contributed by atoms with Gasteiger partial charge in [0.2, 0.25) is 5.91 Å². The summed E-state index contributed by atoms with van der Waals surface area (Å²) in [6.45, 7) is 4.20. The van der Waals surface area contributed by atoms with Crippen molar-refractivity contribution >= 4 is 23.2 Å². The average molecular weight is 287 g/mol. The van der Waals surface area contributed by atoms with Crippen LogP contribution < -0.4 is 5.32 Å². The summed E-state index contributed by atoms with van der Waals surface area (Å²) in [7, 11) is 0. The molecule has 0 spiro atoms. The molecule has 0 aromatic heterocycles. The van der Waals surface area contributed by atoms with Gasteiger partial charge in [0.15, 0.2) is 0 Å². The number of carbonyl (C=O) groups is 1. The van der Waals surface area contributed by atoms with Gasteiger partial charge in [0, 0.05) is 18.1 Å². The number of carbonyl (C=O) groups excluding carboxylic acids is 1. The highest BCUT2D eigenvalue weighted by molar-refractivity contribution is 6.30. The predicted molar refractivity (Wildman–Crippen MR) is 71.9 cm³/mol. The van der Waals surface area contributed by atoms with E-state index in [0.717, 1.165) is 0 Å². The van der Waals surface area contributed by atoms with Gasteiger partial charge in [-0.15, -0.1) is 0 Å². The van der Waals surface area contributed by atoms with Crippen molar-refractivity contribution in [2.75, 3.05) is 31.6 Å². The Kier molecular flexibility index (Phi) is 4.74. The molecule has 104 valence electrons. The van der Waals surface area contributed by atoms with Crippen molar-refractivity contribution < 1.29 is 13.9 Å². The van der Waals surface area contributed by atoms with Crippen LogP contribution in [0.15, 0.2) is 18.2 Å². The zero-order valence-corrected chi connectivity index (χ0v) is 11.4. The van der Waals surface area contributed by atoms with Crippen LogP contribution in [0.4, 0.5) is 10.1 Å². The maximum Gasteiger partial charge on any atom is 0.238 e. The van der Waals surface area contributed by atoms with Crippen LogP contribution in [0.1, 0.15) is 6.92 Å². The Morgan fingerprint density at radius 1 is 1.63 bits per heavy atom. The summed E-state index contributed by atoms with van der Waals surface area (Å²) < 4.78 is 18.9. The van der Waals surface area contributed by atoms with E-state index in [1.165, 1.54) is 18.2 Å². The van der Waals surface area contributed by atoms with Gasteiger partial charge in [-0.25, -0.2) is 4.39 Å². The molecule has 4 nitrogen and oxygen atoms in total. The first-order valence-electron chi connectivity index (χ1n) is 6.13. The van der Waals surface area contributed by atoms with Gasteiger partial charge in [-0.3, -0.25) is 9.69 Å². The van der Waals surface area contributed by atoms with Crippen molar-refractivity contribution in [2.24, 2.45) is 0 Å². The van der Waals surface area contributed by atoms with Gasteiger partial charge in [0.25, 0.3) is 0 Å². The normalized spacial score (nSPS) is 20.3. The van der Waals surface area contributed by atoms with Crippen LogP contribution >= 0.6 is 11.6 Å². The Morgan fingerprint density at radius 2 is 2.42 bits per heavy atom. The molecule has 1 aliphatic rings. The molecule has 1 amide bonds. The molecule has 1 N–H and O–H groups in total. The maximum atomic E-state index is 13.5. The Labute approximate surface area is 116 Å². The molecule has 1 saturated heterocycles. The Balaban J connectivity index is 1.92. The fourth-order valence-electron chi connectivity index (χ4n) is 2.02. The lowest BCUT2D eigenvalue weighted by Gasteiger charge is -2.30. The van der Waals surface area contributed by atoms with E-state index in [-0.39, 0.29) is 24.2 Å². The minimum Gasteiger partial charge on any atom is -0.376 e. The lowest BCUT2D eigenvalue weighted by atomic mass is 10.3. The van der Waals surface area contributed by atoms with E-state index in [0.29, 0.717) is 24.7 Å². The van der Waals surface area contributed by atoms with Crippen LogP contribution in [0.3, 0.4) is 0 Å². The summed E-state index contributed by atoms with van der Waals surface area (Å²) in [6.07, 6.45) is 0.115. The molecule has 2 rings (SSSR count). The van der Waals surface area contributed by atoms with Crippen LogP contribution in [0, 0.1) is 5.82 Å². The predicted octanol–water partition coefficient (Wildman–Crippen LogP) is 2.14. The third kappa shape index (κ3) is 4.16. The van der Waals surface area contributed by atoms with E-state index in [1.54, 1.807) is 0 Å². The first-order chi connectivity index (χ1) is 9.04. The summed E-state index contributed by atoms with van der Waals surface area (Å²) >= 11 is 5.77. The topological polar surface area (TPSA) is 41.6 Å². The molecular formula is C13H16ClFN2O2. The fraction of sp³-hybridized carbons (Fsp3) is 0.462. The lowest BCUT2D eigenvalue weighted by Crippen LogP contribution is -2.44. The Morgan fingerprint density at radius 3 is 3.16 bits per heavy atom.